The Bertz CT molecular complexity index is 1040. The molecule has 0 fully saturated rings. The highest BCUT2D eigenvalue weighted by Gasteiger charge is 2.20. The van der Waals surface area contributed by atoms with E-state index in [1.807, 2.05) is 0 Å². The number of benzene rings is 1. The van der Waals surface area contributed by atoms with Crippen LogP contribution >= 0.6 is 0 Å². The van der Waals surface area contributed by atoms with E-state index >= 15 is 0 Å². The van der Waals surface area contributed by atoms with Crippen LogP contribution in [0.25, 0.3) is 11.0 Å². The SMILES string of the molecule is Cc1nn(C)c2ncc(S(=O)(=O)Oc3ccc([N+](=O)[O-])cc3)cc12. The van der Waals surface area contributed by atoms with E-state index in [-0.39, 0.29) is 16.3 Å². The van der Waals surface area contributed by atoms with E-state index in [1.54, 1.807) is 18.7 Å². The van der Waals surface area contributed by atoms with Crippen LogP contribution in [0.2, 0.25) is 0 Å². The number of non-ortho nitro benzene ring substituents is 1. The van der Waals surface area contributed by atoms with E-state index in [0.717, 1.165) is 12.1 Å². The van der Waals surface area contributed by atoms with Gasteiger partial charge in [-0.3, -0.25) is 14.8 Å². The Morgan fingerprint density at radius 3 is 2.54 bits per heavy atom. The van der Waals surface area contributed by atoms with Gasteiger partial charge in [0.05, 0.1) is 16.8 Å². The van der Waals surface area contributed by atoms with Crippen molar-refractivity contribution < 1.29 is 17.5 Å². The lowest BCUT2D eigenvalue weighted by Crippen LogP contribution is -2.10. The largest absolute Gasteiger partial charge is 0.379 e. The van der Waals surface area contributed by atoms with Gasteiger partial charge in [-0.1, -0.05) is 0 Å². The number of nitro benzene ring substituents is 1. The van der Waals surface area contributed by atoms with Gasteiger partial charge in [0.15, 0.2) is 5.65 Å². The van der Waals surface area contributed by atoms with Crippen molar-refractivity contribution in [1.29, 1.82) is 0 Å². The third-order valence-corrected chi connectivity index (χ3v) is 4.59. The molecule has 0 N–H and O–H groups in total. The van der Waals surface area contributed by atoms with Crippen LogP contribution in [0, 0.1) is 17.0 Å². The molecule has 24 heavy (non-hydrogen) atoms. The van der Waals surface area contributed by atoms with Crippen molar-refractivity contribution in [3.05, 3.63) is 52.3 Å². The lowest BCUT2D eigenvalue weighted by atomic mass is 10.3. The number of hydrogen-bond acceptors (Lipinski definition) is 7. The zero-order chi connectivity index (χ0) is 17.5. The van der Waals surface area contributed by atoms with Gasteiger partial charge < -0.3 is 4.18 Å². The monoisotopic (exact) mass is 348 g/mol. The van der Waals surface area contributed by atoms with Crippen molar-refractivity contribution in [3.8, 4) is 5.75 Å². The van der Waals surface area contributed by atoms with E-state index in [9.17, 15) is 18.5 Å². The first-order valence-corrected chi connectivity index (χ1v) is 8.17. The molecule has 0 bridgehead atoms. The van der Waals surface area contributed by atoms with Gasteiger partial charge in [0.2, 0.25) is 0 Å². The molecule has 9 nitrogen and oxygen atoms in total. The van der Waals surface area contributed by atoms with Crippen molar-refractivity contribution in [2.45, 2.75) is 11.8 Å². The maximum atomic E-state index is 12.4. The van der Waals surface area contributed by atoms with E-state index in [1.165, 1.54) is 24.4 Å². The zero-order valence-electron chi connectivity index (χ0n) is 12.7. The summed E-state index contributed by atoms with van der Waals surface area (Å²) >= 11 is 0. The minimum absolute atomic E-state index is 0.0244. The zero-order valence-corrected chi connectivity index (χ0v) is 13.5. The molecule has 10 heteroatoms. The first kappa shape index (κ1) is 15.9. The van der Waals surface area contributed by atoms with Gasteiger partial charge >= 0.3 is 10.1 Å². The fourth-order valence-corrected chi connectivity index (χ4v) is 3.13. The maximum absolute atomic E-state index is 12.4. The smallest absolute Gasteiger partial charge is 0.340 e. The number of nitrogens with zero attached hydrogens (tertiary/aromatic N) is 4. The topological polar surface area (TPSA) is 117 Å². The predicted octanol–water partition coefficient (Wildman–Crippen LogP) is 1.95. The summed E-state index contributed by atoms with van der Waals surface area (Å²) in [6, 6.07) is 6.20. The number of aromatic nitrogens is 3. The summed E-state index contributed by atoms with van der Waals surface area (Å²) in [5.74, 6) is -0.0244. The Balaban J connectivity index is 1.95. The lowest BCUT2D eigenvalue weighted by molar-refractivity contribution is -0.384. The Kier molecular flexibility index (Phi) is 3.68. The summed E-state index contributed by atoms with van der Waals surface area (Å²) in [4.78, 5) is 14.0. The minimum Gasteiger partial charge on any atom is -0.379 e. The second kappa shape index (κ2) is 5.57. The van der Waals surface area contributed by atoms with Gasteiger partial charge in [-0.25, -0.2) is 4.98 Å². The molecular weight excluding hydrogens is 336 g/mol. The molecule has 0 saturated heterocycles. The van der Waals surface area contributed by atoms with E-state index in [0.29, 0.717) is 16.7 Å². The van der Waals surface area contributed by atoms with Gasteiger partial charge in [0.1, 0.15) is 10.6 Å². The van der Waals surface area contributed by atoms with Crippen LogP contribution in [0.15, 0.2) is 41.4 Å². The highest BCUT2D eigenvalue weighted by Crippen LogP contribution is 2.24. The summed E-state index contributed by atoms with van der Waals surface area (Å²) in [5.41, 5.74) is 1.04. The molecule has 0 aliphatic carbocycles. The molecular formula is C14H12N4O5S. The number of aryl methyl sites for hydroxylation is 2. The fourth-order valence-electron chi connectivity index (χ4n) is 2.22. The van der Waals surface area contributed by atoms with Crippen molar-refractivity contribution in [3.63, 3.8) is 0 Å². The highest BCUT2D eigenvalue weighted by atomic mass is 32.2. The van der Waals surface area contributed by atoms with Crippen molar-refractivity contribution >= 4 is 26.8 Å². The van der Waals surface area contributed by atoms with Crippen LogP contribution < -0.4 is 4.18 Å². The minimum atomic E-state index is -4.11. The molecule has 0 amide bonds. The van der Waals surface area contributed by atoms with Crippen molar-refractivity contribution in [2.24, 2.45) is 7.05 Å². The Morgan fingerprint density at radius 1 is 1.25 bits per heavy atom. The van der Waals surface area contributed by atoms with Crippen LogP contribution in [-0.2, 0) is 17.2 Å². The van der Waals surface area contributed by atoms with Crippen molar-refractivity contribution in [1.82, 2.24) is 14.8 Å². The van der Waals surface area contributed by atoms with Gasteiger partial charge in [-0.2, -0.15) is 13.5 Å². The molecule has 2 heterocycles. The Labute approximate surface area is 136 Å². The number of rotatable bonds is 4. The molecule has 2 aromatic heterocycles. The molecule has 3 rings (SSSR count). The Hall–Kier alpha value is -3.01. The normalized spacial score (nSPS) is 11.6. The Morgan fingerprint density at radius 2 is 1.92 bits per heavy atom. The maximum Gasteiger partial charge on any atom is 0.340 e. The van der Waals surface area contributed by atoms with E-state index < -0.39 is 15.0 Å². The van der Waals surface area contributed by atoms with Gasteiger partial charge in [0.25, 0.3) is 5.69 Å². The number of nitro groups is 1. The second-order valence-electron chi connectivity index (χ2n) is 5.04. The average Bonchev–Trinajstić information content (AvgIpc) is 2.82. The summed E-state index contributed by atoms with van der Waals surface area (Å²) < 4.78 is 31.3. The van der Waals surface area contributed by atoms with Gasteiger partial charge in [-0.05, 0) is 25.1 Å². The second-order valence-corrected chi connectivity index (χ2v) is 6.59. The number of pyridine rings is 1. The quantitative estimate of drug-likeness (QED) is 0.402. The summed E-state index contributed by atoms with van der Waals surface area (Å²) in [7, 11) is -2.40. The summed E-state index contributed by atoms with van der Waals surface area (Å²) in [6.07, 6.45) is 1.18. The molecule has 1 aromatic carbocycles. The highest BCUT2D eigenvalue weighted by molar-refractivity contribution is 7.87. The average molecular weight is 348 g/mol. The van der Waals surface area contributed by atoms with Crippen LogP contribution in [0.5, 0.6) is 5.75 Å². The van der Waals surface area contributed by atoms with Crippen LogP contribution in [0.3, 0.4) is 0 Å². The molecule has 3 aromatic rings. The molecule has 0 spiro atoms. The van der Waals surface area contributed by atoms with Gasteiger partial charge in [-0.15, -0.1) is 0 Å². The third-order valence-electron chi connectivity index (χ3n) is 3.38. The molecule has 0 saturated carbocycles. The van der Waals surface area contributed by atoms with Gasteiger partial charge in [0, 0.05) is 24.6 Å². The molecule has 0 aliphatic rings. The molecule has 0 unspecified atom stereocenters. The van der Waals surface area contributed by atoms with E-state index in [4.69, 9.17) is 4.18 Å². The first-order valence-electron chi connectivity index (χ1n) is 6.76. The molecule has 124 valence electrons. The van der Waals surface area contributed by atoms with Crippen LogP contribution in [0.1, 0.15) is 5.69 Å². The first-order chi connectivity index (χ1) is 11.3. The molecule has 0 atom stereocenters. The van der Waals surface area contributed by atoms with Crippen LogP contribution in [0.4, 0.5) is 5.69 Å². The van der Waals surface area contributed by atoms with E-state index in [2.05, 4.69) is 10.1 Å². The summed E-state index contributed by atoms with van der Waals surface area (Å²) in [5, 5.41) is 15.4. The number of fused-ring (bicyclic) bond motifs is 1. The third kappa shape index (κ3) is 2.78. The number of hydrogen-bond donors (Lipinski definition) is 0. The lowest BCUT2D eigenvalue weighted by Gasteiger charge is -2.06. The standard InChI is InChI=1S/C14H12N4O5S/c1-9-13-7-12(8-15-14(13)17(2)16-9)24(21,22)23-11-5-3-10(4-6-11)18(19)20/h3-8H,1-2H3. The summed E-state index contributed by atoms with van der Waals surface area (Å²) in [6.45, 7) is 1.75. The molecule has 0 radical (unpaired) electrons. The fraction of sp³-hybridized carbons (Fsp3) is 0.143. The molecule has 0 aliphatic heterocycles. The van der Waals surface area contributed by atoms with Crippen molar-refractivity contribution in [2.75, 3.05) is 0 Å². The predicted molar refractivity (Wildman–Crippen MR) is 84.2 cm³/mol. The van der Waals surface area contributed by atoms with Crippen LogP contribution in [-0.4, -0.2) is 28.1 Å².